The Balaban J connectivity index is 2.01. The number of amides is 1. The van der Waals surface area contributed by atoms with E-state index in [1.165, 1.54) is 11.3 Å². The molecular formula is C15H19NO3S. The summed E-state index contributed by atoms with van der Waals surface area (Å²) in [6.45, 7) is 1.60. The van der Waals surface area contributed by atoms with Gasteiger partial charge in [0.25, 0.3) is 5.91 Å². The Bertz CT molecular complexity index is 515. The van der Waals surface area contributed by atoms with E-state index in [4.69, 9.17) is 5.11 Å². The van der Waals surface area contributed by atoms with Crippen LogP contribution in [0.1, 0.15) is 33.8 Å². The highest BCUT2D eigenvalue weighted by Crippen LogP contribution is 2.22. The third-order valence-electron chi connectivity index (χ3n) is 3.33. The number of likely N-dealkylation sites (tertiary alicyclic amines) is 1. The average Bonchev–Trinajstić information content (AvgIpc) is 2.95. The van der Waals surface area contributed by atoms with Crippen molar-refractivity contribution in [3.05, 3.63) is 21.9 Å². The minimum Gasteiger partial charge on any atom is -0.396 e. The number of aliphatic hydroxyl groups excluding tert-OH is 2. The van der Waals surface area contributed by atoms with Crippen LogP contribution < -0.4 is 0 Å². The van der Waals surface area contributed by atoms with Crippen LogP contribution in [-0.4, -0.2) is 47.3 Å². The van der Waals surface area contributed by atoms with Crippen LogP contribution in [0.3, 0.4) is 0 Å². The molecule has 1 amide bonds. The summed E-state index contributed by atoms with van der Waals surface area (Å²) in [5, 5.41) is 17.9. The summed E-state index contributed by atoms with van der Waals surface area (Å²) in [5.41, 5.74) is 0. The minimum absolute atomic E-state index is 0.0309. The SMILES string of the molecule is O=C(c1ccc(C#CCCO)s1)N1CCCC(CO)C1. The van der Waals surface area contributed by atoms with Crippen molar-refractivity contribution in [1.82, 2.24) is 4.90 Å². The molecule has 1 saturated heterocycles. The normalized spacial score (nSPS) is 18.5. The van der Waals surface area contributed by atoms with Gasteiger partial charge in [0.1, 0.15) is 0 Å². The van der Waals surface area contributed by atoms with Crippen molar-refractivity contribution in [2.75, 3.05) is 26.3 Å². The van der Waals surface area contributed by atoms with Crippen LogP contribution in [0.4, 0.5) is 0 Å². The lowest BCUT2D eigenvalue weighted by Crippen LogP contribution is -2.40. The molecule has 1 atom stereocenters. The Morgan fingerprint density at radius 3 is 3.05 bits per heavy atom. The summed E-state index contributed by atoms with van der Waals surface area (Å²) in [6.07, 6.45) is 2.39. The summed E-state index contributed by atoms with van der Waals surface area (Å²) < 4.78 is 0. The van der Waals surface area contributed by atoms with Crippen molar-refractivity contribution in [2.45, 2.75) is 19.3 Å². The fraction of sp³-hybridized carbons (Fsp3) is 0.533. The van der Waals surface area contributed by atoms with Crippen LogP contribution >= 0.6 is 11.3 Å². The molecule has 1 unspecified atom stereocenters. The third kappa shape index (κ3) is 3.83. The monoisotopic (exact) mass is 293 g/mol. The van der Waals surface area contributed by atoms with E-state index in [2.05, 4.69) is 11.8 Å². The molecule has 0 aromatic carbocycles. The van der Waals surface area contributed by atoms with Crippen molar-refractivity contribution in [3.63, 3.8) is 0 Å². The lowest BCUT2D eigenvalue weighted by atomic mass is 9.99. The van der Waals surface area contributed by atoms with Crippen LogP contribution in [0.15, 0.2) is 12.1 Å². The standard InChI is InChI=1S/C15H19NO3S/c17-9-2-1-5-13-6-7-14(20-13)15(19)16-8-3-4-12(10-16)11-18/h6-7,12,17-18H,2-4,8-11H2. The van der Waals surface area contributed by atoms with Gasteiger partial charge in [0.05, 0.1) is 16.4 Å². The van der Waals surface area contributed by atoms with Gasteiger partial charge < -0.3 is 15.1 Å². The van der Waals surface area contributed by atoms with Gasteiger partial charge in [-0.25, -0.2) is 0 Å². The smallest absolute Gasteiger partial charge is 0.263 e. The molecule has 1 fully saturated rings. The van der Waals surface area contributed by atoms with Crippen molar-refractivity contribution >= 4 is 17.2 Å². The number of aliphatic hydroxyl groups is 2. The molecule has 108 valence electrons. The number of hydrogen-bond acceptors (Lipinski definition) is 4. The van der Waals surface area contributed by atoms with Crippen LogP contribution in [0.2, 0.25) is 0 Å². The van der Waals surface area contributed by atoms with Gasteiger partial charge in [-0.05, 0) is 30.9 Å². The summed E-state index contributed by atoms with van der Waals surface area (Å²) in [7, 11) is 0. The first-order chi connectivity index (χ1) is 9.74. The lowest BCUT2D eigenvalue weighted by Gasteiger charge is -2.31. The van der Waals surface area contributed by atoms with Crippen LogP contribution in [0, 0.1) is 17.8 Å². The van der Waals surface area contributed by atoms with E-state index in [0.29, 0.717) is 17.8 Å². The van der Waals surface area contributed by atoms with E-state index in [9.17, 15) is 9.90 Å². The molecule has 1 aliphatic rings. The summed E-state index contributed by atoms with van der Waals surface area (Å²) in [6, 6.07) is 3.65. The molecule has 1 aromatic heterocycles. The van der Waals surface area contributed by atoms with Gasteiger partial charge in [0.15, 0.2) is 0 Å². The number of piperidine rings is 1. The zero-order valence-electron chi connectivity index (χ0n) is 11.3. The molecule has 2 rings (SSSR count). The molecule has 4 nitrogen and oxygen atoms in total. The maximum absolute atomic E-state index is 12.4. The Labute approximate surface area is 123 Å². The molecule has 2 N–H and O–H groups in total. The highest BCUT2D eigenvalue weighted by molar-refractivity contribution is 7.14. The van der Waals surface area contributed by atoms with Crippen molar-refractivity contribution in [3.8, 4) is 11.8 Å². The van der Waals surface area contributed by atoms with Crippen molar-refractivity contribution in [1.29, 1.82) is 0 Å². The zero-order valence-corrected chi connectivity index (χ0v) is 12.2. The minimum atomic E-state index is 0.0309. The molecule has 1 aliphatic heterocycles. The molecule has 5 heteroatoms. The maximum Gasteiger partial charge on any atom is 0.263 e. The summed E-state index contributed by atoms with van der Waals surface area (Å²) >= 11 is 1.38. The number of rotatable bonds is 3. The molecule has 0 spiro atoms. The van der Waals surface area contributed by atoms with Gasteiger partial charge in [-0.3, -0.25) is 4.79 Å². The number of hydrogen-bond donors (Lipinski definition) is 2. The average molecular weight is 293 g/mol. The van der Waals surface area contributed by atoms with E-state index in [1.807, 2.05) is 11.0 Å². The molecule has 0 radical (unpaired) electrons. The first-order valence-electron chi connectivity index (χ1n) is 6.84. The lowest BCUT2D eigenvalue weighted by molar-refractivity contribution is 0.0625. The molecule has 0 saturated carbocycles. The molecule has 20 heavy (non-hydrogen) atoms. The summed E-state index contributed by atoms with van der Waals surface area (Å²) in [4.78, 5) is 15.7. The van der Waals surface area contributed by atoms with E-state index < -0.39 is 0 Å². The molecule has 2 heterocycles. The Kier molecular flexibility index (Phi) is 5.60. The Hall–Kier alpha value is -1.35. The van der Waals surface area contributed by atoms with Crippen LogP contribution in [0.25, 0.3) is 0 Å². The Morgan fingerprint density at radius 1 is 1.45 bits per heavy atom. The molecule has 1 aromatic rings. The van der Waals surface area contributed by atoms with Gasteiger partial charge >= 0.3 is 0 Å². The summed E-state index contributed by atoms with van der Waals surface area (Å²) in [5.74, 6) is 6.03. The number of nitrogens with zero attached hydrogens (tertiary/aromatic N) is 1. The highest BCUT2D eigenvalue weighted by atomic mass is 32.1. The second-order valence-electron chi connectivity index (χ2n) is 4.88. The van der Waals surface area contributed by atoms with Gasteiger partial charge in [0, 0.05) is 26.1 Å². The topological polar surface area (TPSA) is 60.8 Å². The van der Waals surface area contributed by atoms with E-state index in [1.54, 1.807) is 6.07 Å². The fourth-order valence-electron chi connectivity index (χ4n) is 2.28. The maximum atomic E-state index is 12.4. The molecular weight excluding hydrogens is 274 g/mol. The van der Waals surface area contributed by atoms with Gasteiger partial charge in [-0.1, -0.05) is 11.8 Å². The van der Waals surface area contributed by atoms with Crippen LogP contribution in [0.5, 0.6) is 0 Å². The predicted octanol–water partition coefficient (Wildman–Crippen LogP) is 1.33. The first kappa shape index (κ1) is 15.0. The second-order valence-corrected chi connectivity index (χ2v) is 5.97. The number of carbonyl (C=O) groups is 1. The zero-order chi connectivity index (χ0) is 14.4. The van der Waals surface area contributed by atoms with Gasteiger partial charge in [-0.15, -0.1) is 11.3 Å². The largest absolute Gasteiger partial charge is 0.396 e. The van der Waals surface area contributed by atoms with Crippen molar-refractivity contribution in [2.24, 2.45) is 5.92 Å². The predicted molar refractivity (Wildman–Crippen MR) is 78.6 cm³/mol. The fourth-order valence-corrected chi connectivity index (χ4v) is 3.13. The Morgan fingerprint density at radius 2 is 2.30 bits per heavy atom. The number of thiophene rings is 1. The quantitative estimate of drug-likeness (QED) is 0.827. The highest BCUT2D eigenvalue weighted by Gasteiger charge is 2.24. The van der Waals surface area contributed by atoms with Gasteiger partial charge in [0.2, 0.25) is 0 Å². The molecule has 0 aliphatic carbocycles. The second kappa shape index (κ2) is 7.44. The van der Waals surface area contributed by atoms with Crippen LogP contribution in [-0.2, 0) is 0 Å². The van der Waals surface area contributed by atoms with E-state index >= 15 is 0 Å². The van der Waals surface area contributed by atoms with Gasteiger partial charge in [-0.2, -0.15) is 0 Å². The van der Waals surface area contributed by atoms with E-state index in [0.717, 1.165) is 24.3 Å². The van der Waals surface area contributed by atoms with Crippen molar-refractivity contribution < 1.29 is 15.0 Å². The molecule has 0 bridgehead atoms. The third-order valence-corrected chi connectivity index (χ3v) is 4.32. The first-order valence-corrected chi connectivity index (χ1v) is 7.66. The van der Waals surface area contributed by atoms with E-state index in [-0.39, 0.29) is 25.0 Å². The number of carbonyl (C=O) groups excluding carboxylic acids is 1.